The molecule has 19 heavy (non-hydrogen) atoms. The maximum Gasteiger partial charge on any atom is 0.161 e. The van der Waals surface area contributed by atoms with E-state index in [-0.39, 0.29) is 12.1 Å². The summed E-state index contributed by atoms with van der Waals surface area (Å²) in [5.74, 6) is 1.65. The molecule has 4 nitrogen and oxygen atoms in total. The first-order valence-electron chi connectivity index (χ1n) is 6.33. The second-order valence-corrected chi connectivity index (χ2v) is 5.26. The molecule has 3 rings (SSSR count). The highest BCUT2D eigenvalue weighted by molar-refractivity contribution is 7.07. The Morgan fingerprint density at radius 1 is 1.42 bits per heavy atom. The van der Waals surface area contributed by atoms with E-state index in [0.29, 0.717) is 6.61 Å². The first-order chi connectivity index (χ1) is 9.33. The minimum absolute atomic E-state index is 0.0379. The number of ether oxygens (including phenoxy) is 2. The summed E-state index contributed by atoms with van der Waals surface area (Å²) in [6.45, 7) is 3.42. The summed E-state index contributed by atoms with van der Waals surface area (Å²) >= 11 is 1.61. The van der Waals surface area contributed by atoms with Crippen molar-refractivity contribution >= 4 is 11.3 Å². The van der Waals surface area contributed by atoms with Crippen LogP contribution in [-0.2, 0) is 0 Å². The minimum atomic E-state index is 0.0379. The number of nitrogens with one attached hydrogen (secondary N) is 1. The highest BCUT2D eigenvalue weighted by Gasteiger charge is 2.21. The van der Waals surface area contributed by atoms with Gasteiger partial charge in [0.25, 0.3) is 0 Å². The van der Waals surface area contributed by atoms with E-state index in [1.54, 1.807) is 11.3 Å². The molecule has 1 aliphatic rings. The molecule has 0 aliphatic carbocycles. The molecule has 0 amide bonds. The minimum Gasteiger partial charge on any atom is -0.486 e. The summed E-state index contributed by atoms with van der Waals surface area (Å²) in [7, 11) is 0. The zero-order valence-corrected chi connectivity index (χ0v) is 11.5. The number of hydrogen-bond donors (Lipinski definition) is 1. The highest BCUT2D eigenvalue weighted by Crippen LogP contribution is 2.30. The van der Waals surface area contributed by atoms with Gasteiger partial charge in [-0.1, -0.05) is 12.1 Å². The lowest BCUT2D eigenvalue weighted by Crippen LogP contribution is -2.39. The first-order valence-corrected chi connectivity index (χ1v) is 7.27. The van der Waals surface area contributed by atoms with Crippen molar-refractivity contribution in [3.63, 3.8) is 0 Å². The smallest absolute Gasteiger partial charge is 0.161 e. The summed E-state index contributed by atoms with van der Waals surface area (Å²) in [4.78, 5) is 4.30. The summed E-state index contributed by atoms with van der Waals surface area (Å²) in [6.07, 6.45) is 0.0379. The lowest BCUT2D eigenvalue weighted by molar-refractivity contribution is 0.0885. The molecule has 0 saturated carbocycles. The Morgan fingerprint density at radius 3 is 3.05 bits per heavy atom. The van der Waals surface area contributed by atoms with Crippen molar-refractivity contribution in [2.75, 3.05) is 13.2 Å². The van der Waals surface area contributed by atoms with E-state index < -0.39 is 0 Å². The molecule has 0 bridgehead atoms. The van der Waals surface area contributed by atoms with E-state index in [4.69, 9.17) is 9.47 Å². The zero-order chi connectivity index (χ0) is 13.1. The van der Waals surface area contributed by atoms with Crippen LogP contribution in [0.25, 0.3) is 0 Å². The third-order valence-corrected chi connectivity index (χ3v) is 3.72. The Hall–Kier alpha value is -1.59. The standard InChI is InChI=1S/C14H16N2O2S/c1-10(12-8-19-9-16-12)15-6-11-7-17-13-4-2-3-5-14(13)18-11/h2-5,8-11,15H,6-7H2,1H3. The largest absolute Gasteiger partial charge is 0.486 e. The van der Waals surface area contributed by atoms with Crippen LogP contribution in [0.4, 0.5) is 0 Å². The van der Waals surface area contributed by atoms with Gasteiger partial charge in [0.15, 0.2) is 11.5 Å². The van der Waals surface area contributed by atoms with Crippen molar-refractivity contribution in [2.24, 2.45) is 0 Å². The number of aromatic nitrogens is 1. The second kappa shape index (κ2) is 5.59. The lowest BCUT2D eigenvalue weighted by Gasteiger charge is -2.27. The van der Waals surface area contributed by atoms with E-state index in [1.165, 1.54) is 0 Å². The van der Waals surface area contributed by atoms with Crippen LogP contribution >= 0.6 is 11.3 Å². The van der Waals surface area contributed by atoms with Crippen molar-refractivity contribution < 1.29 is 9.47 Å². The average Bonchev–Trinajstić information content (AvgIpc) is 2.99. The molecular formula is C14H16N2O2S. The van der Waals surface area contributed by atoms with Gasteiger partial charge in [-0.3, -0.25) is 0 Å². The molecule has 2 aromatic rings. The van der Waals surface area contributed by atoms with Crippen molar-refractivity contribution in [3.05, 3.63) is 40.8 Å². The molecule has 1 N–H and O–H groups in total. The van der Waals surface area contributed by atoms with Crippen molar-refractivity contribution in [2.45, 2.75) is 19.1 Å². The molecule has 100 valence electrons. The van der Waals surface area contributed by atoms with E-state index in [0.717, 1.165) is 23.7 Å². The van der Waals surface area contributed by atoms with Gasteiger partial charge in [-0.2, -0.15) is 0 Å². The fourth-order valence-corrected chi connectivity index (χ4v) is 2.66. The van der Waals surface area contributed by atoms with Crippen LogP contribution in [-0.4, -0.2) is 24.2 Å². The molecular weight excluding hydrogens is 260 g/mol. The van der Waals surface area contributed by atoms with Gasteiger partial charge in [0.2, 0.25) is 0 Å². The van der Waals surface area contributed by atoms with E-state index in [1.807, 2.05) is 29.8 Å². The van der Waals surface area contributed by atoms with Gasteiger partial charge < -0.3 is 14.8 Å². The molecule has 2 atom stereocenters. The van der Waals surface area contributed by atoms with E-state index in [2.05, 4.69) is 22.6 Å². The van der Waals surface area contributed by atoms with Crippen LogP contribution in [0.1, 0.15) is 18.7 Å². The Balaban J connectivity index is 1.55. The van der Waals surface area contributed by atoms with Crippen LogP contribution in [0, 0.1) is 0 Å². The van der Waals surface area contributed by atoms with Crippen LogP contribution in [0.5, 0.6) is 11.5 Å². The molecule has 1 aromatic carbocycles. The Bertz CT molecular complexity index is 530. The van der Waals surface area contributed by atoms with E-state index >= 15 is 0 Å². The number of benzene rings is 1. The Labute approximate surface area is 116 Å². The van der Waals surface area contributed by atoms with Gasteiger partial charge >= 0.3 is 0 Å². The lowest BCUT2D eigenvalue weighted by atomic mass is 10.2. The zero-order valence-electron chi connectivity index (χ0n) is 10.7. The van der Waals surface area contributed by atoms with Crippen molar-refractivity contribution in [1.82, 2.24) is 10.3 Å². The van der Waals surface area contributed by atoms with Gasteiger partial charge in [0.1, 0.15) is 12.7 Å². The number of thiazole rings is 1. The first kappa shape index (κ1) is 12.4. The third kappa shape index (κ3) is 2.88. The van der Waals surface area contributed by atoms with Gasteiger partial charge in [-0.15, -0.1) is 11.3 Å². The molecule has 1 aliphatic heterocycles. The average molecular weight is 276 g/mol. The highest BCUT2D eigenvalue weighted by atomic mass is 32.1. The summed E-state index contributed by atoms with van der Waals surface area (Å²) < 4.78 is 11.6. The van der Waals surface area contributed by atoms with Gasteiger partial charge in [0.05, 0.1) is 11.2 Å². The van der Waals surface area contributed by atoms with Crippen LogP contribution in [0.3, 0.4) is 0 Å². The summed E-state index contributed by atoms with van der Waals surface area (Å²) in [5, 5.41) is 5.49. The van der Waals surface area contributed by atoms with E-state index in [9.17, 15) is 0 Å². The SMILES string of the molecule is CC(NCC1COc2ccccc2O1)c1cscn1. The molecule has 0 saturated heterocycles. The van der Waals surface area contributed by atoms with Crippen LogP contribution < -0.4 is 14.8 Å². The molecule has 0 radical (unpaired) electrons. The summed E-state index contributed by atoms with van der Waals surface area (Å²) in [5.41, 5.74) is 2.92. The number of hydrogen-bond acceptors (Lipinski definition) is 5. The number of para-hydroxylation sites is 2. The van der Waals surface area contributed by atoms with Gasteiger partial charge in [0, 0.05) is 18.0 Å². The molecule has 5 heteroatoms. The van der Waals surface area contributed by atoms with Gasteiger partial charge in [-0.05, 0) is 19.1 Å². The van der Waals surface area contributed by atoms with Crippen LogP contribution in [0.2, 0.25) is 0 Å². The van der Waals surface area contributed by atoms with Gasteiger partial charge in [-0.25, -0.2) is 4.98 Å². The van der Waals surface area contributed by atoms with Crippen LogP contribution in [0.15, 0.2) is 35.2 Å². The number of fused-ring (bicyclic) bond motifs is 1. The Morgan fingerprint density at radius 2 is 2.26 bits per heavy atom. The summed E-state index contributed by atoms with van der Waals surface area (Å²) in [6, 6.07) is 8.00. The maximum atomic E-state index is 5.89. The second-order valence-electron chi connectivity index (χ2n) is 4.54. The molecule has 2 heterocycles. The molecule has 2 unspecified atom stereocenters. The van der Waals surface area contributed by atoms with Crippen molar-refractivity contribution in [3.8, 4) is 11.5 Å². The predicted molar refractivity (Wildman–Crippen MR) is 74.9 cm³/mol. The fourth-order valence-electron chi connectivity index (χ4n) is 2.01. The third-order valence-electron chi connectivity index (χ3n) is 3.11. The topological polar surface area (TPSA) is 43.4 Å². The maximum absolute atomic E-state index is 5.89. The number of nitrogens with zero attached hydrogens (tertiary/aromatic N) is 1. The quantitative estimate of drug-likeness (QED) is 0.932. The predicted octanol–water partition coefficient (Wildman–Crippen LogP) is 2.63. The fraction of sp³-hybridized carbons (Fsp3) is 0.357. The molecule has 0 spiro atoms. The normalized spacial score (nSPS) is 19.1. The monoisotopic (exact) mass is 276 g/mol. The number of rotatable bonds is 4. The van der Waals surface area contributed by atoms with Crippen molar-refractivity contribution in [1.29, 1.82) is 0 Å². The molecule has 1 aromatic heterocycles. The Kier molecular flexibility index (Phi) is 3.66. The molecule has 0 fully saturated rings.